The molecule has 4 heteroatoms. The highest BCUT2D eigenvalue weighted by molar-refractivity contribution is 9.10. The number of aliphatic hydroxyl groups is 1. The first-order valence-electron chi connectivity index (χ1n) is 5.31. The molecular weight excluding hydrogens is 280 g/mol. The van der Waals surface area contributed by atoms with Gasteiger partial charge in [0.2, 0.25) is 0 Å². The lowest BCUT2D eigenvalue weighted by molar-refractivity contribution is 0.0562. The van der Waals surface area contributed by atoms with Gasteiger partial charge in [0.1, 0.15) is 0 Å². The molecule has 0 bridgehead atoms. The van der Waals surface area contributed by atoms with Crippen LogP contribution in [0, 0.1) is 0 Å². The van der Waals surface area contributed by atoms with Gasteiger partial charge in [-0.05, 0) is 41.1 Å². The smallest absolute Gasteiger partial charge is 0.0938 e. The van der Waals surface area contributed by atoms with Crippen molar-refractivity contribution in [2.24, 2.45) is 0 Å². The van der Waals surface area contributed by atoms with Crippen molar-refractivity contribution >= 4 is 15.9 Å². The molecule has 0 aliphatic rings. The molecule has 2 heterocycles. The third-order valence-corrected chi connectivity index (χ3v) is 3.07. The van der Waals surface area contributed by atoms with Crippen molar-refractivity contribution in [3.63, 3.8) is 0 Å². The first kappa shape index (κ1) is 12.2. The predicted octanol–water partition coefficient (Wildman–Crippen LogP) is 2.69. The molecule has 2 aromatic heterocycles. The fourth-order valence-electron chi connectivity index (χ4n) is 1.65. The van der Waals surface area contributed by atoms with Gasteiger partial charge in [-0.2, -0.15) is 0 Å². The monoisotopic (exact) mass is 292 g/mol. The average molecular weight is 293 g/mol. The zero-order valence-corrected chi connectivity index (χ0v) is 11.1. The maximum atomic E-state index is 10.4. The first-order chi connectivity index (χ1) is 8.08. The Morgan fingerprint density at radius 2 is 2.12 bits per heavy atom. The van der Waals surface area contributed by atoms with Crippen molar-refractivity contribution in [3.8, 4) is 0 Å². The minimum absolute atomic E-state index is 0.464. The van der Waals surface area contributed by atoms with E-state index in [1.807, 2.05) is 24.3 Å². The number of hydrogen-bond donors (Lipinski definition) is 1. The van der Waals surface area contributed by atoms with E-state index in [1.54, 1.807) is 25.5 Å². The van der Waals surface area contributed by atoms with Crippen LogP contribution in [0.25, 0.3) is 0 Å². The van der Waals surface area contributed by atoms with Gasteiger partial charge in [-0.25, -0.2) is 0 Å². The molecule has 0 aliphatic heterocycles. The van der Waals surface area contributed by atoms with Crippen LogP contribution >= 0.6 is 15.9 Å². The molecule has 1 atom stereocenters. The lowest BCUT2D eigenvalue weighted by Crippen LogP contribution is -2.24. The number of rotatable bonds is 3. The van der Waals surface area contributed by atoms with Crippen molar-refractivity contribution in [2.45, 2.75) is 18.9 Å². The summed E-state index contributed by atoms with van der Waals surface area (Å²) < 4.78 is 0.933. The number of pyridine rings is 2. The Bertz CT molecular complexity index is 483. The minimum atomic E-state index is -0.949. The normalized spacial score (nSPS) is 14.3. The van der Waals surface area contributed by atoms with Crippen LogP contribution in [0.4, 0.5) is 0 Å². The summed E-state index contributed by atoms with van der Waals surface area (Å²) in [5, 5.41) is 10.4. The van der Waals surface area contributed by atoms with Gasteiger partial charge in [0.15, 0.2) is 0 Å². The third-order valence-electron chi connectivity index (χ3n) is 2.60. The lowest BCUT2D eigenvalue weighted by atomic mass is 9.92. The van der Waals surface area contributed by atoms with E-state index in [0.717, 1.165) is 15.7 Å². The van der Waals surface area contributed by atoms with Crippen LogP contribution in [-0.4, -0.2) is 15.1 Å². The number of aromatic nitrogens is 2. The summed E-state index contributed by atoms with van der Waals surface area (Å²) in [4.78, 5) is 8.28. The molecule has 0 fully saturated rings. The highest BCUT2D eigenvalue weighted by atomic mass is 79.9. The second kappa shape index (κ2) is 4.94. The lowest BCUT2D eigenvalue weighted by Gasteiger charge is -2.22. The van der Waals surface area contributed by atoms with E-state index >= 15 is 0 Å². The second-order valence-electron chi connectivity index (χ2n) is 4.16. The standard InChI is InChI=1S/C13H13BrN2O/c1-13(17,10-3-2-6-15-8-10)7-12-5-4-11(14)9-16-12/h2-6,8-9,17H,7H2,1H3. The van der Waals surface area contributed by atoms with Gasteiger partial charge in [-0.1, -0.05) is 6.07 Å². The van der Waals surface area contributed by atoms with Crippen LogP contribution in [0.3, 0.4) is 0 Å². The largest absolute Gasteiger partial charge is 0.385 e. The molecule has 0 amide bonds. The Balaban J connectivity index is 2.20. The fraction of sp³-hybridized carbons (Fsp3) is 0.231. The molecule has 2 rings (SSSR count). The summed E-state index contributed by atoms with van der Waals surface area (Å²) in [5.41, 5.74) is 0.696. The Morgan fingerprint density at radius 3 is 2.71 bits per heavy atom. The molecule has 3 nitrogen and oxygen atoms in total. The number of nitrogens with zero attached hydrogens (tertiary/aromatic N) is 2. The molecule has 0 aromatic carbocycles. The Morgan fingerprint density at radius 1 is 1.29 bits per heavy atom. The third kappa shape index (κ3) is 3.11. The molecule has 0 saturated heterocycles. The average Bonchev–Trinajstić information content (AvgIpc) is 2.33. The van der Waals surface area contributed by atoms with Crippen molar-refractivity contribution in [1.29, 1.82) is 0 Å². The van der Waals surface area contributed by atoms with E-state index in [9.17, 15) is 5.11 Å². The van der Waals surface area contributed by atoms with Gasteiger partial charge in [-0.15, -0.1) is 0 Å². The van der Waals surface area contributed by atoms with Crippen molar-refractivity contribution in [3.05, 3.63) is 58.6 Å². The van der Waals surface area contributed by atoms with Crippen LogP contribution in [-0.2, 0) is 12.0 Å². The molecular formula is C13H13BrN2O. The summed E-state index contributed by atoms with van der Waals surface area (Å²) in [6.45, 7) is 1.77. The molecule has 17 heavy (non-hydrogen) atoms. The maximum Gasteiger partial charge on any atom is 0.0938 e. The maximum absolute atomic E-state index is 10.4. The zero-order valence-electron chi connectivity index (χ0n) is 9.47. The predicted molar refractivity (Wildman–Crippen MR) is 69.4 cm³/mol. The van der Waals surface area contributed by atoms with Crippen LogP contribution in [0.1, 0.15) is 18.2 Å². The van der Waals surface area contributed by atoms with Crippen LogP contribution in [0.2, 0.25) is 0 Å². The SMILES string of the molecule is CC(O)(Cc1ccc(Br)cn1)c1cccnc1. The van der Waals surface area contributed by atoms with Gasteiger partial charge < -0.3 is 5.11 Å². The van der Waals surface area contributed by atoms with Crippen molar-refractivity contribution in [2.75, 3.05) is 0 Å². The van der Waals surface area contributed by atoms with Gasteiger partial charge in [-0.3, -0.25) is 9.97 Å². The highest BCUT2D eigenvalue weighted by Crippen LogP contribution is 2.24. The van der Waals surface area contributed by atoms with Crippen molar-refractivity contribution < 1.29 is 5.11 Å². The fourth-order valence-corrected chi connectivity index (χ4v) is 1.88. The molecule has 0 radical (unpaired) electrons. The molecule has 88 valence electrons. The van der Waals surface area contributed by atoms with Crippen LogP contribution < -0.4 is 0 Å². The minimum Gasteiger partial charge on any atom is -0.385 e. The summed E-state index contributed by atoms with van der Waals surface area (Å²) in [6.07, 6.45) is 5.57. The molecule has 2 aromatic rings. The summed E-state index contributed by atoms with van der Waals surface area (Å²) in [6, 6.07) is 7.50. The molecule has 1 N–H and O–H groups in total. The van der Waals surface area contributed by atoms with Gasteiger partial charge in [0.25, 0.3) is 0 Å². The van der Waals surface area contributed by atoms with Crippen LogP contribution in [0.15, 0.2) is 47.3 Å². The first-order valence-corrected chi connectivity index (χ1v) is 6.10. The van der Waals surface area contributed by atoms with Crippen LogP contribution in [0.5, 0.6) is 0 Å². The Kier molecular flexibility index (Phi) is 3.54. The Hall–Kier alpha value is -1.26. The Labute approximate surface area is 109 Å². The quantitative estimate of drug-likeness (QED) is 0.946. The molecule has 1 unspecified atom stereocenters. The number of halogens is 1. The van der Waals surface area contributed by atoms with Crippen molar-refractivity contribution in [1.82, 2.24) is 9.97 Å². The van der Waals surface area contributed by atoms with E-state index in [-0.39, 0.29) is 0 Å². The topological polar surface area (TPSA) is 46.0 Å². The zero-order chi connectivity index (χ0) is 12.3. The summed E-state index contributed by atoms with van der Waals surface area (Å²) in [5.74, 6) is 0. The van der Waals surface area contributed by atoms with Gasteiger partial charge in [0.05, 0.1) is 5.60 Å². The van der Waals surface area contributed by atoms with E-state index in [2.05, 4.69) is 25.9 Å². The van der Waals surface area contributed by atoms with E-state index < -0.39 is 5.60 Å². The highest BCUT2D eigenvalue weighted by Gasteiger charge is 2.24. The molecule has 0 saturated carbocycles. The van der Waals surface area contributed by atoms with E-state index in [0.29, 0.717) is 6.42 Å². The van der Waals surface area contributed by atoms with E-state index in [4.69, 9.17) is 0 Å². The number of hydrogen-bond acceptors (Lipinski definition) is 3. The second-order valence-corrected chi connectivity index (χ2v) is 5.08. The molecule has 0 spiro atoms. The van der Waals surface area contributed by atoms with Gasteiger partial charge in [0, 0.05) is 40.7 Å². The summed E-state index contributed by atoms with van der Waals surface area (Å²) in [7, 11) is 0. The molecule has 0 aliphatic carbocycles. The van der Waals surface area contributed by atoms with E-state index in [1.165, 1.54) is 0 Å². The van der Waals surface area contributed by atoms with Gasteiger partial charge >= 0.3 is 0 Å². The summed E-state index contributed by atoms with van der Waals surface area (Å²) >= 11 is 3.33.